The second kappa shape index (κ2) is 5.84. The van der Waals surface area contributed by atoms with Crippen LogP contribution in [0.4, 0.5) is 5.69 Å². The highest BCUT2D eigenvalue weighted by Gasteiger charge is 2.25. The van der Waals surface area contributed by atoms with E-state index in [1.807, 2.05) is 19.1 Å². The van der Waals surface area contributed by atoms with E-state index in [9.17, 15) is 14.9 Å². The SMILES string of the molecule is Cc1ccc(C2=N/C(=C/c3ccccc3[N+](=O)[O-])C(=O)O2)cc1. The van der Waals surface area contributed by atoms with E-state index in [1.54, 1.807) is 30.3 Å². The molecule has 0 spiro atoms. The van der Waals surface area contributed by atoms with Gasteiger partial charge in [-0.25, -0.2) is 9.79 Å². The van der Waals surface area contributed by atoms with Crippen LogP contribution in [0.3, 0.4) is 0 Å². The summed E-state index contributed by atoms with van der Waals surface area (Å²) in [5.74, 6) is -0.432. The number of hydrogen-bond acceptors (Lipinski definition) is 5. The van der Waals surface area contributed by atoms with Gasteiger partial charge in [0, 0.05) is 11.6 Å². The third-order valence-corrected chi connectivity index (χ3v) is 3.34. The van der Waals surface area contributed by atoms with Gasteiger partial charge in [-0.3, -0.25) is 10.1 Å². The van der Waals surface area contributed by atoms with Gasteiger partial charge < -0.3 is 4.74 Å². The number of benzene rings is 2. The summed E-state index contributed by atoms with van der Waals surface area (Å²) >= 11 is 0. The van der Waals surface area contributed by atoms with E-state index < -0.39 is 10.9 Å². The molecule has 6 heteroatoms. The van der Waals surface area contributed by atoms with Crippen molar-refractivity contribution < 1.29 is 14.5 Å². The van der Waals surface area contributed by atoms with Gasteiger partial charge >= 0.3 is 5.97 Å². The molecule has 2 aromatic carbocycles. The van der Waals surface area contributed by atoms with Crippen molar-refractivity contribution in [3.63, 3.8) is 0 Å². The normalized spacial score (nSPS) is 15.4. The number of ether oxygens (including phenoxy) is 1. The Morgan fingerprint density at radius 2 is 1.83 bits per heavy atom. The number of hydrogen-bond donors (Lipinski definition) is 0. The van der Waals surface area contributed by atoms with Gasteiger partial charge in [-0.05, 0) is 31.2 Å². The van der Waals surface area contributed by atoms with Crippen molar-refractivity contribution in [3.05, 3.63) is 81.0 Å². The summed E-state index contributed by atoms with van der Waals surface area (Å²) in [5.41, 5.74) is 2.00. The Morgan fingerprint density at radius 1 is 1.13 bits per heavy atom. The van der Waals surface area contributed by atoms with E-state index >= 15 is 0 Å². The Morgan fingerprint density at radius 3 is 2.52 bits per heavy atom. The van der Waals surface area contributed by atoms with E-state index in [1.165, 1.54) is 12.1 Å². The Hall–Kier alpha value is -3.28. The summed E-state index contributed by atoms with van der Waals surface area (Å²) in [6.07, 6.45) is 1.36. The molecule has 0 fully saturated rings. The first-order valence-corrected chi connectivity index (χ1v) is 6.87. The van der Waals surface area contributed by atoms with E-state index in [4.69, 9.17) is 4.74 Å². The van der Waals surface area contributed by atoms with E-state index in [0.29, 0.717) is 11.1 Å². The standard InChI is InChI=1S/C17H12N2O4/c1-11-6-8-12(9-7-11)16-18-14(17(20)23-16)10-13-4-2-3-5-15(13)19(21)22/h2-10H,1H3/b14-10+. The zero-order chi connectivity index (χ0) is 16.4. The van der Waals surface area contributed by atoms with Crippen LogP contribution in [-0.4, -0.2) is 16.8 Å². The molecule has 0 N–H and O–H groups in total. The second-order valence-corrected chi connectivity index (χ2v) is 5.02. The lowest BCUT2D eigenvalue weighted by atomic mass is 10.1. The smallest absolute Gasteiger partial charge is 0.363 e. The lowest BCUT2D eigenvalue weighted by Gasteiger charge is -1.99. The molecule has 1 heterocycles. The molecule has 0 unspecified atom stereocenters. The largest absolute Gasteiger partial charge is 0.402 e. The van der Waals surface area contributed by atoms with Crippen molar-refractivity contribution in [2.24, 2.45) is 4.99 Å². The minimum atomic E-state index is -0.626. The van der Waals surface area contributed by atoms with E-state index in [-0.39, 0.29) is 17.3 Å². The second-order valence-electron chi connectivity index (χ2n) is 5.02. The van der Waals surface area contributed by atoms with Gasteiger partial charge in [-0.15, -0.1) is 0 Å². The number of aliphatic imine (C=N–C) groups is 1. The zero-order valence-corrected chi connectivity index (χ0v) is 12.2. The van der Waals surface area contributed by atoms with Gasteiger partial charge in [0.25, 0.3) is 5.69 Å². The van der Waals surface area contributed by atoms with Crippen molar-refractivity contribution in [3.8, 4) is 0 Å². The number of aryl methyl sites for hydroxylation is 1. The predicted molar refractivity (Wildman–Crippen MR) is 84.9 cm³/mol. The van der Waals surface area contributed by atoms with Crippen molar-refractivity contribution >= 4 is 23.6 Å². The first kappa shape index (κ1) is 14.6. The maximum absolute atomic E-state index is 11.9. The van der Waals surface area contributed by atoms with E-state index in [2.05, 4.69) is 4.99 Å². The molecule has 114 valence electrons. The quantitative estimate of drug-likeness (QED) is 0.377. The van der Waals surface area contributed by atoms with Crippen LogP contribution in [0.1, 0.15) is 16.7 Å². The van der Waals surface area contributed by atoms with Gasteiger partial charge in [0.1, 0.15) is 0 Å². The van der Waals surface area contributed by atoms with Crippen molar-refractivity contribution in [2.45, 2.75) is 6.92 Å². The van der Waals surface area contributed by atoms with E-state index in [0.717, 1.165) is 5.56 Å². The number of nitro benzene ring substituents is 1. The summed E-state index contributed by atoms with van der Waals surface area (Å²) in [7, 11) is 0. The summed E-state index contributed by atoms with van der Waals surface area (Å²) in [4.78, 5) is 26.6. The minimum Gasteiger partial charge on any atom is -0.402 e. The van der Waals surface area contributed by atoms with Crippen LogP contribution >= 0.6 is 0 Å². The van der Waals surface area contributed by atoms with Crippen LogP contribution in [0, 0.1) is 17.0 Å². The molecule has 2 aromatic rings. The summed E-state index contributed by atoms with van der Waals surface area (Å²) in [5, 5.41) is 11.0. The van der Waals surface area contributed by atoms with Crippen LogP contribution in [-0.2, 0) is 9.53 Å². The van der Waals surface area contributed by atoms with Crippen molar-refractivity contribution in [1.82, 2.24) is 0 Å². The van der Waals surface area contributed by atoms with Crippen molar-refractivity contribution in [2.75, 3.05) is 0 Å². The minimum absolute atomic E-state index is 0.0369. The highest BCUT2D eigenvalue weighted by Crippen LogP contribution is 2.24. The molecule has 6 nitrogen and oxygen atoms in total. The van der Waals surface area contributed by atoms with Gasteiger partial charge in [0.15, 0.2) is 5.70 Å². The summed E-state index contributed by atoms with van der Waals surface area (Å²) in [6, 6.07) is 13.5. The number of nitro groups is 1. The predicted octanol–water partition coefficient (Wildman–Crippen LogP) is 3.25. The van der Waals surface area contributed by atoms with Gasteiger partial charge in [-0.1, -0.05) is 29.8 Å². The van der Waals surface area contributed by atoms with Crippen LogP contribution in [0.5, 0.6) is 0 Å². The zero-order valence-electron chi connectivity index (χ0n) is 12.2. The number of cyclic esters (lactones) is 1. The number of esters is 1. The van der Waals surface area contributed by atoms with Crippen molar-refractivity contribution in [1.29, 1.82) is 0 Å². The number of nitrogens with zero attached hydrogens (tertiary/aromatic N) is 2. The van der Waals surface area contributed by atoms with Gasteiger partial charge in [0.05, 0.1) is 10.5 Å². The molecule has 1 aliphatic heterocycles. The number of para-hydroxylation sites is 1. The highest BCUT2D eigenvalue weighted by atomic mass is 16.6. The Balaban J connectivity index is 1.99. The first-order chi connectivity index (χ1) is 11.0. The van der Waals surface area contributed by atoms with Crippen LogP contribution in [0.2, 0.25) is 0 Å². The molecule has 0 radical (unpaired) electrons. The molecule has 0 atom stereocenters. The molecular weight excluding hydrogens is 296 g/mol. The fraction of sp³-hybridized carbons (Fsp3) is 0.0588. The topological polar surface area (TPSA) is 81.8 Å². The maximum atomic E-state index is 11.9. The lowest BCUT2D eigenvalue weighted by molar-refractivity contribution is -0.385. The molecule has 23 heavy (non-hydrogen) atoms. The Bertz CT molecular complexity index is 851. The molecule has 0 saturated carbocycles. The van der Waals surface area contributed by atoms with Crippen LogP contribution in [0.15, 0.2) is 59.2 Å². The summed E-state index contributed by atoms with van der Waals surface area (Å²) < 4.78 is 5.15. The van der Waals surface area contributed by atoms with Gasteiger partial charge in [0.2, 0.25) is 5.90 Å². The third kappa shape index (κ3) is 3.01. The molecule has 0 bridgehead atoms. The molecule has 0 amide bonds. The molecule has 3 rings (SSSR count). The molecule has 0 aromatic heterocycles. The number of carbonyl (C=O) groups excluding carboxylic acids is 1. The summed E-state index contributed by atoms with van der Waals surface area (Å²) in [6.45, 7) is 1.95. The molecule has 0 saturated heterocycles. The average Bonchev–Trinajstić information content (AvgIpc) is 2.89. The fourth-order valence-corrected chi connectivity index (χ4v) is 2.15. The Labute approximate surface area is 131 Å². The highest BCUT2D eigenvalue weighted by molar-refractivity contribution is 6.13. The first-order valence-electron chi connectivity index (χ1n) is 6.87. The number of rotatable bonds is 3. The number of carbonyl (C=O) groups is 1. The fourth-order valence-electron chi connectivity index (χ4n) is 2.15. The van der Waals surface area contributed by atoms with Crippen LogP contribution in [0.25, 0.3) is 6.08 Å². The van der Waals surface area contributed by atoms with Gasteiger partial charge in [-0.2, -0.15) is 0 Å². The van der Waals surface area contributed by atoms with Crippen LogP contribution < -0.4 is 0 Å². The monoisotopic (exact) mass is 308 g/mol. The maximum Gasteiger partial charge on any atom is 0.363 e. The third-order valence-electron chi connectivity index (χ3n) is 3.34. The average molecular weight is 308 g/mol. The molecule has 1 aliphatic rings. The Kier molecular flexibility index (Phi) is 3.72. The lowest BCUT2D eigenvalue weighted by Crippen LogP contribution is -2.05. The molecule has 0 aliphatic carbocycles. The molecular formula is C17H12N2O4.